The van der Waals surface area contributed by atoms with Gasteiger partial charge in [-0.15, -0.1) is 0 Å². The third kappa shape index (κ3) is 4.49. The van der Waals surface area contributed by atoms with Gasteiger partial charge in [0.1, 0.15) is 12.4 Å². The van der Waals surface area contributed by atoms with Gasteiger partial charge in [-0.2, -0.15) is 0 Å². The molecule has 8 heteroatoms. The quantitative estimate of drug-likeness (QED) is 0.588. The molecule has 0 aliphatic rings. The van der Waals surface area contributed by atoms with E-state index in [0.29, 0.717) is 18.9 Å². The fraction of sp³-hybridized carbons (Fsp3) is 0.545. The molecule has 0 radical (unpaired) electrons. The molecule has 19 heavy (non-hydrogen) atoms. The molecule has 0 atom stereocenters. The van der Waals surface area contributed by atoms with Gasteiger partial charge in [-0.05, 0) is 20.3 Å². The van der Waals surface area contributed by atoms with Crippen molar-refractivity contribution in [3.8, 4) is 0 Å². The Kier molecular flexibility index (Phi) is 5.16. The van der Waals surface area contributed by atoms with E-state index >= 15 is 0 Å². The van der Waals surface area contributed by atoms with Crippen LogP contribution in [0.3, 0.4) is 0 Å². The van der Waals surface area contributed by atoms with Gasteiger partial charge >= 0.3 is 11.7 Å². The molecule has 0 spiro atoms. The van der Waals surface area contributed by atoms with E-state index in [9.17, 15) is 14.9 Å². The summed E-state index contributed by atoms with van der Waals surface area (Å²) in [4.78, 5) is 30.1. The minimum Gasteiger partial charge on any atom is -0.481 e. The molecule has 0 aliphatic carbocycles. The molecule has 0 amide bonds. The number of carbonyl (C=O) groups is 1. The highest BCUT2D eigenvalue weighted by molar-refractivity contribution is 5.66. The van der Waals surface area contributed by atoms with Gasteiger partial charge in [0.15, 0.2) is 0 Å². The fourth-order valence-corrected chi connectivity index (χ4v) is 1.55. The maximum atomic E-state index is 10.5. The molecule has 0 bridgehead atoms. The molecule has 0 fully saturated rings. The van der Waals surface area contributed by atoms with Crippen molar-refractivity contribution in [2.24, 2.45) is 0 Å². The van der Waals surface area contributed by atoms with Crippen molar-refractivity contribution < 1.29 is 14.8 Å². The number of hydrogen-bond acceptors (Lipinski definition) is 6. The summed E-state index contributed by atoms with van der Waals surface area (Å²) in [5.41, 5.74) is -0.169. The summed E-state index contributed by atoms with van der Waals surface area (Å²) in [6.45, 7) is 4.33. The van der Waals surface area contributed by atoms with Crippen molar-refractivity contribution in [3.05, 3.63) is 22.5 Å². The molecule has 1 N–H and O–H groups in total. The number of nitro groups is 1. The van der Waals surface area contributed by atoms with Crippen molar-refractivity contribution in [3.63, 3.8) is 0 Å². The zero-order valence-corrected chi connectivity index (χ0v) is 10.8. The van der Waals surface area contributed by atoms with Gasteiger partial charge in [-0.3, -0.25) is 14.9 Å². The van der Waals surface area contributed by atoms with Crippen molar-refractivity contribution >= 4 is 17.6 Å². The Labute approximate surface area is 110 Å². The number of rotatable bonds is 7. The Morgan fingerprint density at radius 3 is 2.47 bits per heavy atom. The molecular weight excluding hydrogens is 252 g/mol. The van der Waals surface area contributed by atoms with E-state index < -0.39 is 10.9 Å². The van der Waals surface area contributed by atoms with Crippen LogP contribution in [0.2, 0.25) is 0 Å². The van der Waals surface area contributed by atoms with Crippen molar-refractivity contribution in [1.29, 1.82) is 0 Å². The molecule has 0 aromatic carbocycles. The second kappa shape index (κ2) is 6.62. The Hall–Kier alpha value is -2.25. The first-order chi connectivity index (χ1) is 8.91. The van der Waals surface area contributed by atoms with E-state index in [1.165, 1.54) is 0 Å². The van der Waals surface area contributed by atoms with Crippen LogP contribution in [-0.2, 0) is 4.79 Å². The van der Waals surface area contributed by atoms with Crippen LogP contribution in [-0.4, -0.2) is 38.6 Å². The first-order valence-corrected chi connectivity index (χ1v) is 5.86. The van der Waals surface area contributed by atoms with Gasteiger partial charge in [-0.1, -0.05) is 0 Å². The third-order valence-electron chi connectivity index (χ3n) is 2.51. The van der Waals surface area contributed by atoms with Crippen LogP contribution in [0.15, 0.2) is 12.4 Å². The number of aromatic nitrogens is 2. The van der Waals surface area contributed by atoms with Gasteiger partial charge in [-0.25, -0.2) is 9.97 Å². The number of nitrogens with zero attached hydrogens (tertiary/aromatic N) is 4. The summed E-state index contributed by atoms with van der Waals surface area (Å²) in [6.07, 6.45) is 2.83. The Balaban J connectivity index is 2.75. The monoisotopic (exact) mass is 268 g/mol. The SMILES string of the molecule is CC(C)N(CCCC(=O)O)c1ncc([N+](=O)[O-])cn1. The van der Waals surface area contributed by atoms with E-state index in [-0.39, 0.29) is 18.2 Å². The molecule has 1 heterocycles. The Morgan fingerprint density at radius 1 is 1.47 bits per heavy atom. The van der Waals surface area contributed by atoms with E-state index in [0.717, 1.165) is 12.4 Å². The lowest BCUT2D eigenvalue weighted by Crippen LogP contribution is -2.33. The first-order valence-electron chi connectivity index (χ1n) is 5.86. The predicted octanol–water partition coefficient (Wildman–Crippen LogP) is 1.46. The van der Waals surface area contributed by atoms with Crippen LogP contribution in [0.4, 0.5) is 11.6 Å². The highest BCUT2D eigenvalue weighted by atomic mass is 16.6. The average molecular weight is 268 g/mol. The summed E-state index contributed by atoms with van der Waals surface area (Å²) in [5.74, 6) is -0.487. The van der Waals surface area contributed by atoms with Gasteiger partial charge in [0.2, 0.25) is 5.95 Å². The molecule has 1 rings (SSSR count). The van der Waals surface area contributed by atoms with Crippen LogP contribution >= 0.6 is 0 Å². The van der Waals surface area contributed by atoms with Crippen LogP contribution in [0, 0.1) is 10.1 Å². The second-order valence-electron chi connectivity index (χ2n) is 4.28. The number of carboxylic acid groups (broad SMARTS) is 1. The van der Waals surface area contributed by atoms with Crippen LogP contribution < -0.4 is 4.90 Å². The molecule has 104 valence electrons. The molecule has 8 nitrogen and oxygen atoms in total. The lowest BCUT2D eigenvalue weighted by Gasteiger charge is -2.26. The highest BCUT2D eigenvalue weighted by Gasteiger charge is 2.15. The number of carboxylic acids is 1. The predicted molar refractivity (Wildman–Crippen MR) is 68.0 cm³/mol. The van der Waals surface area contributed by atoms with E-state index in [1.807, 2.05) is 18.7 Å². The van der Waals surface area contributed by atoms with E-state index in [2.05, 4.69) is 9.97 Å². The standard InChI is InChI=1S/C11H16N4O4/c1-8(2)14(5-3-4-10(16)17)11-12-6-9(7-13-11)15(18)19/h6-8H,3-5H2,1-2H3,(H,16,17). The number of hydrogen-bond donors (Lipinski definition) is 1. The lowest BCUT2D eigenvalue weighted by molar-refractivity contribution is -0.385. The lowest BCUT2D eigenvalue weighted by atomic mass is 10.2. The van der Waals surface area contributed by atoms with Gasteiger partial charge in [0, 0.05) is 19.0 Å². The Bertz CT molecular complexity index is 447. The zero-order valence-electron chi connectivity index (χ0n) is 10.8. The number of aliphatic carboxylic acids is 1. The van der Waals surface area contributed by atoms with Crippen LogP contribution in [0.1, 0.15) is 26.7 Å². The molecular formula is C11H16N4O4. The van der Waals surface area contributed by atoms with Crippen molar-refractivity contribution in [2.75, 3.05) is 11.4 Å². The largest absolute Gasteiger partial charge is 0.481 e. The van der Waals surface area contributed by atoms with E-state index in [4.69, 9.17) is 5.11 Å². The van der Waals surface area contributed by atoms with Crippen LogP contribution in [0.25, 0.3) is 0 Å². The summed E-state index contributed by atoms with van der Waals surface area (Å²) in [7, 11) is 0. The summed E-state index contributed by atoms with van der Waals surface area (Å²) < 4.78 is 0. The molecule has 0 aliphatic heterocycles. The summed E-state index contributed by atoms with van der Waals surface area (Å²) in [5, 5.41) is 19.1. The maximum absolute atomic E-state index is 10.5. The van der Waals surface area contributed by atoms with Gasteiger partial charge in [0.05, 0.1) is 4.92 Å². The van der Waals surface area contributed by atoms with Crippen molar-refractivity contribution in [1.82, 2.24) is 9.97 Å². The average Bonchev–Trinajstić information content (AvgIpc) is 2.34. The smallest absolute Gasteiger partial charge is 0.305 e. The molecule has 1 aromatic heterocycles. The normalized spacial score (nSPS) is 10.5. The number of anilines is 1. The zero-order chi connectivity index (χ0) is 14.4. The highest BCUT2D eigenvalue weighted by Crippen LogP contribution is 2.15. The fourth-order valence-electron chi connectivity index (χ4n) is 1.55. The van der Waals surface area contributed by atoms with E-state index in [1.54, 1.807) is 0 Å². The summed E-state index contributed by atoms with van der Waals surface area (Å²) in [6, 6.07) is 0.0789. The Morgan fingerprint density at radius 2 is 2.05 bits per heavy atom. The van der Waals surface area contributed by atoms with Gasteiger partial charge < -0.3 is 10.0 Å². The second-order valence-corrected chi connectivity index (χ2v) is 4.28. The third-order valence-corrected chi connectivity index (χ3v) is 2.51. The van der Waals surface area contributed by atoms with Crippen LogP contribution in [0.5, 0.6) is 0 Å². The van der Waals surface area contributed by atoms with Crippen molar-refractivity contribution in [2.45, 2.75) is 32.7 Å². The topological polar surface area (TPSA) is 109 Å². The molecule has 0 unspecified atom stereocenters. The minimum absolute atomic E-state index is 0.0657. The maximum Gasteiger partial charge on any atom is 0.305 e. The van der Waals surface area contributed by atoms with Gasteiger partial charge in [0.25, 0.3) is 0 Å². The molecule has 0 saturated carbocycles. The molecule has 1 aromatic rings. The molecule has 0 saturated heterocycles. The first kappa shape index (κ1) is 14.8. The summed E-state index contributed by atoms with van der Waals surface area (Å²) >= 11 is 0. The minimum atomic E-state index is -0.853.